The first kappa shape index (κ1) is 14.5. The minimum atomic E-state index is -2.79. The molecule has 112 valence electrons. The highest BCUT2D eigenvalue weighted by Crippen LogP contribution is 2.25. The summed E-state index contributed by atoms with van der Waals surface area (Å²) in [5.74, 6) is 0.625. The normalized spacial score (nSPS) is 20.4. The third-order valence-corrected chi connectivity index (χ3v) is 6.05. The number of nitrogens with one attached hydrogen (secondary N) is 1. The highest BCUT2D eigenvalue weighted by Gasteiger charge is 2.24. The average molecular weight is 303 g/mol. The van der Waals surface area contributed by atoms with E-state index in [-0.39, 0.29) is 6.04 Å². The fourth-order valence-electron chi connectivity index (χ4n) is 3.13. The van der Waals surface area contributed by atoms with Gasteiger partial charge < -0.3 is 5.32 Å². The van der Waals surface area contributed by atoms with Gasteiger partial charge in [0.15, 0.2) is 0 Å². The van der Waals surface area contributed by atoms with Gasteiger partial charge in [-0.2, -0.15) is 0 Å². The van der Waals surface area contributed by atoms with E-state index < -0.39 is 9.84 Å². The van der Waals surface area contributed by atoms with E-state index in [1.54, 1.807) is 0 Å². The van der Waals surface area contributed by atoms with E-state index in [0.717, 1.165) is 12.8 Å². The lowest BCUT2D eigenvalue weighted by Crippen LogP contribution is -2.38. The second-order valence-corrected chi connectivity index (χ2v) is 8.19. The van der Waals surface area contributed by atoms with Crippen LogP contribution in [0, 0.1) is 0 Å². The van der Waals surface area contributed by atoms with Gasteiger partial charge in [0.1, 0.15) is 9.84 Å². The molecule has 4 heteroatoms. The molecule has 3 rings (SSSR count). The molecular weight excluding hydrogens is 282 g/mol. The van der Waals surface area contributed by atoms with E-state index in [9.17, 15) is 8.42 Å². The molecule has 1 fully saturated rings. The summed E-state index contributed by atoms with van der Waals surface area (Å²) < 4.78 is 23.0. The Hall–Kier alpha value is -1.39. The molecule has 1 atom stereocenters. The summed E-state index contributed by atoms with van der Waals surface area (Å²) in [4.78, 5) is 0. The Morgan fingerprint density at radius 2 is 1.71 bits per heavy atom. The third-order valence-electron chi connectivity index (χ3n) is 4.33. The Bertz CT molecular complexity index is 720. The number of hydrogen-bond donors (Lipinski definition) is 1. The van der Waals surface area contributed by atoms with Gasteiger partial charge in [0.25, 0.3) is 0 Å². The minimum Gasteiger partial charge on any atom is -0.307 e. The van der Waals surface area contributed by atoms with Crippen molar-refractivity contribution in [1.29, 1.82) is 0 Å². The van der Waals surface area contributed by atoms with Crippen LogP contribution in [0.25, 0.3) is 10.8 Å². The van der Waals surface area contributed by atoms with Crippen LogP contribution in [0.3, 0.4) is 0 Å². The van der Waals surface area contributed by atoms with Crippen LogP contribution in [0.4, 0.5) is 0 Å². The molecule has 0 saturated carbocycles. The highest BCUT2D eigenvalue weighted by molar-refractivity contribution is 7.91. The number of rotatable bonds is 3. The maximum Gasteiger partial charge on any atom is 0.150 e. The minimum absolute atomic E-state index is 0.224. The van der Waals surface area contributed by atoms with Gasteiger partial charge in [-0.15, -0.1) is 0 Å². The van der Waals surface area contributed by atoms with Crippen molar-refractivity contribution in [2.24, 2.45) is 0 Å². The molecule has 1 N–H and O–H groups in total. The number of fused-ring (bicyclic) bond motifs is 1. The van der Waals surface area contributed by atoms with Crippen LogP contribution in [-0.2, 0) is 9.84 Å². The van der Waals surface area contributed by atoms with Crippen LogP contribution in [0.2, 0.25) is 0 Å². The molecule has 1 unspecified atom stereocenters. The van der Waals surface area contributed by atoms with Gasteiger partial charge in [-0.05, 0) is 36.1 Å². The Kier molecular flexibility index (Phi) is 4.00. The molecule has 2 aromatic rings. The van der Waals surface area contributed by atoms with Gasteiger partial charge in [0.2, 0.25) is 0 Å². The van der Waals surface area contributed by atoms with Crippen molar-refractivity contribution < 1.29 is 8.42 Å². The predicted octanol–water partition coefficient (Wildman–Crippen LogP) is 3.07. The van der Waals surface area contributed by atoms with E-state index in [2.05, 4.69) is 54.7 Å². The first-order chi connectivity index (χ1) is 10.1. The van der Waals surface area contributed by atoms with Crippen LogP contribution >= 0.6 is 0 Å². The van der Waals surface area contributed by atoms with E-state index in [0.29, 0.717) is 17.5 Å². The molecule has 0 aromatic heterocycles. The highest BCUT2D eigenvalue weighted by atomic mass is 32.2. The zero-order chi connectivity index (χ0) is 14.9. The standard InChI is InChI=1S/C17H21NO2S/c1-13(18-15-9-11-21(19,20)12-10-15)16-8-4-6-14-5-2-3-7-17(14)16/h2-8,13,15,18H,9-12H2,1H3. The smallest absolute Gasteiger partial charge is 0.150 e. The molecule has 2 aromatic carbocycles. The lowest BCUT2D eigenvalue weighted by molar-refractivity contribution is 0.421. The molecule has 1 heterocycles. The van der Waals surface area contributed by atoms with E-state index in [4.69, 9.17) is 0 Å². The Labute approximate surface area is 126 Å². The molecule has 1 saturated heterocycles. The van der Waals surface area contributed by atoms with Crippen LogP contribution < -0.4 is 5.32 Å². The molecular formula is C17H21NO2S. The Balaban J connectivity index is 1.77. The topological polar surface area (TPSA) is 46.2 Å². The fourth-order valence-corrected chi connectivity index (χ4v) is 4.62. The van der Waals surface area contributed by atoms with Crippen molar-refractivity contribution in [3.05, 3.63) is 48.0 Å². The zero-order valence-electron chi connectivity index (χ0n) is 12.2. The van der Waals surface area contributed by atoms with Gasteiger partial charge in [-0.1, -0.05) is 42.5 Å². The van der Waals surface area contributed by atoms with Gasteiger partial charge >= 0.3 is 0 Å². The second-order valence-electron chi connectivity index (χ2n) is 5.88. The summed E-state index contributed by atoms with van der Waals surface area (Å²) in [7, 11) is -2.79. The van der Waals surface area contributed by atoms with E-state index in [1.165, 1.54) is 16.3 Å². The summed E-state index contributed by atoms with van der Waals surface area (Å²) in [6.45, 7) is 2.16. The van der Waals surface area contributed by atoms with Gasteiger partial charge in [-0.25, -0.2) is 8.42 Å². The molecule has 0 amide bonds. The quantitative estimate of drug-likeness (QED) is 0.948. The van der Waals surface area contributed by atoms with Crippen molar-refractivity contribution >= 4 is 20.6 Å². The number of sulfone groups is 1. The first-order valence-electron chi connectivity index (χ1n) is 7.49. The number of benzene rings is 2. The molecule has 0 radical (unpaired) electrons. The molecule has 21 heavy (non-hydrogen) atoms. The molecule has 0 bridgehead atoms. The fraction of sp³-hybridized carbons (Fsp3) is 0.412. The summed E-state index contributed by atoms with van der Waals surface area (Å²) in [5, 5.41) is 6.11. The van der Waals surface area contributed by atoms with Crippen LogP contribution in [0.5, 0.6) is 0 Å². The predicted molar refractivity (Wildman–Crippen MR) is 87.2 cm³/mol. The monoisotopic (exact) mass is 303 g/mol. The molecule has 0 spiro atoms. The Morgan fingerprint density at radius 3 is 2.48 bits per heavy atom. The number of hydrogen-bond acceptors (Lipinski definition) is 3. The summed E-state index contributed by atoms with van der Waals surface area (Å²) in [5.41, 5.74) is 1.28. The maximum atomic E-state index is 11.5. The SMILES string of the molecule is CC(NC1CCS(=O)(=O)CC1)c1cccc2ccccc12. The summed E-state index contributed by atoms with van der Waals surface area (Å²) >= 11 is 0. The van der Waals surface area contributed by atoms with Crippen molar-refractivity contribution in [2.45, 2.75) is 31.8 Å². The van der Waals surface area contributed by atoms with Gasteiger partial charge in [0.05, 0.1) is 11.5 Å². The molecule has 1 aliphatic rings. The first-order valence-corrected chi connectivity index (χ1v) is 9.31. The van der Waals surface area contributed by atoms with Crippen LogP contribution in [0.1, 0.15) is 31.4 Å². The molecule has 1 aliphatic heterocycles. The third kappa shape index (κ3) is 3.27. The zero-order valence-corrected chi connectivity index (χ0v) is 13.1. The molecule has 0 aliphatic carbocycles. The van der Waals surface area contributed by atoms with E-state index >= 15 is 0 Å². The van der Waals surface area contributed by atoms with Crippen molar-refractivity contribution in [2.75, 3.05) is 11.5 Å². The summed E-state index contributed by atoms with van der Waals surface area (Å²) in [6, 6.07) is 15.3. The van der Waals surface area contributed by atoms with Gasteiger partial charge in [-0.3, -0.25) is 0 Å². The molecule has 3 nitrogen and oxygen atoms in total. The van der Waals surface area contributed by atoms with Gasteiger partial charge in [0, 0.05) is 12.1 Å². The summed E-state index contributed by atoms with van der Waals surface area (Å²) in [6.07, 6.45) is 1.44. The largest absolute Gasteiger partial charge is 0.307 e. The van der Waals surface area contributed by atoms with Crippen LogP contribution in [-0.4, -0.2) is 26.0 Å². The van der Waals surface area contributed by atoms with Crippen molar-refractivity contribution in [3.63, 3.8) is 0 Å². The van der Waals surface area contributed by atoms with E-state index in [1.807, 2.05) is 0 Å². The Morgan fingerprint density at radius 1 is 1.05 bits per heavy atom. The lowest BCUT2D eigenvalue weighted by Gasteiger charge is -2.27. The average Bonchev–Trinajstić information content (AvgIpc) is 2.49. The lowest BCUT2D eigenvalue weighted by atomic mass is 9.98. The maximum absolute atomic E-state index is 11.5. The van der Waals surface area contributed by atoms with Crippen molar-refractivity contribution in [3.8, 4) is 0 Å². The second kappa shape index (κ2) is 5.78. The van der Waals surface area contributed by atoms with Crippen LogP contribution in [0.15, 0.2) is 42.5 Å². The van der Waals surface area contributed by atoms with Crippen molar-refractivity contribution in [1.82, 2.24) is 5.32 Å².